The van der Waals surface area contributed by atoms with Crippen LogP contribution < -0.4 is 4.90 Å². The zero-order chi connectivity index (χ0) is 20.8. The number of aromatic nitrogens is 3. The van der Waals surface area contributed by atoms with Gasteiger partial charge in [-0.2, -0.15) is 0 Å². The molecule has 1 saturated carbocycles. The predicted octanol–water partition coefficient (Wildman–Crippen LogP) is 4.68. The number of hydrogen-bond donors (Lipinski definition) is 1. The van der Waals surface area contributed by atoms with Gasteiger partial charge < -0.3 is 14.6 Å². The highest BCUT2D eigenvalue weighted by molar-refractivity contribution is 5.89. The number of aliphatic imine (C=N–C) groups is 1. The molecule has 1 aromatic carbocycles. The van der Waals surface area contributed by atoms with E-state index in [0.29, 0.717) is 12.0 Å². The molecule has 2 aromatic heterocycles. The van der Waals surface area contributed by atoms with Crippen LogP contribution in [0.5, 0.6) is 0 Å². The van der Waals surface area contributed by atoms with E-state index in [4.69, 9.17) is 9.97 Å². The summed E-state index contributed by atoms with van der Waals surface area (Å²) in [6.07, 6.45) is 12.4. The Morgan fingerprint density at radius 2 is 1.97 bits per heavy atom. The van der Waals surface area contributed by atoms with Gasteiger partial charge in [-0.3, -0.25) is 4.99 Å². The first kappa shape index (κ1) is 19.0. The Morgan fingerprint density at radius 1 is 1.06 bits per heavy atom. The minimum atomic E-state index is 0.248. The number of hydrogen-bond acceptors (Lipinski definition) is 5. The van der Waals surface area contributed by atoms with Crippen molar-refractivity contribution >= 4 is 28.8 Å². The van der Waals surface area contributed by atoms with Crippen molar-refractivity contribution in [2.24, 2.45) is 10.9 Å². The number of anilines is 1. The Labute approximate surface area is 182 Å². The van der Waals surface area contributed by atoms with Gasteiger partial charge in [-0.05, 0) is 43.0 Å². The van der Waals surface area contributed by atoms with Gasteiger partial charge in [-0.1, -0.05) is 25.3 Å². The number of imidazole rings is 1. The molecule has 3 aliphatic rings. The molecule has 0 radical (unpaired) electrons. The van der Waals surface area contributed by atoms with E-state index in [1.165, 1.54) is 43.2 Å². The van der Waals surface area contributed by atoms with Crippen molar-refractivity contribution in [1.29, 1.82) is 0 Å². The lowest BCUT2D eigenvalue weighted by atomic mass is 9.95. The molecule has 6 rings (SSSR count). The molecule has 31 heavy (non-hydrogen) atoms. The summed E-state index contributed by atoms with van der Waals surface area (Å²) in [6.45, 7) is 2.06. The maximum Gasteiger partial charge on any atom is 0.129 e. The van der Waals surface area contributed by atoms with Gasteiger partial charge in [0.2, 0.25) is 0 Å². The lowest BCUT2D eigenvalue weighted by Crippen LogP contribution is -2.22. The van der Waals surface area contributed by atoms with Gasteiger partial charge in [0, 0.05) is 49.9 Å². The van der Waals surface area contributed by atoms with Gasteiger partial charge in [0.15, 0.2) is 0 Å². The molecule has 0 amide bonds. The summed E-state index contributed by atoms with van der Waals surface area (Å²) >= 11 is 0. The second-order valence-corrected chi connectivity index (χ2v) is 9.28. The highest BCUT2D eigenvalue weighted by Crippen LogP contribution is 2.39. The Bertz CT molecular complexity index is 1140. The molecule has 0 bridgehead atoms. The quantitative estimate of drug-likeness (QED) is 0.672. The molecule has 160 valence electrons. The average Bonchev–Trinajstić information content (AvgIpc) is 3.57. The number of benzene rings is 1. The van der Waals surface area contributed by atoms with Crippen LogP contribution in [0.15, 0.2) is 35.6 Å². The van der Waals surface area contributed by atoms with Gasteiger partial charge in [0.1, 0.15) is 5.82 Å². The van der Waals surface area contributed by atoms with E-state index in [1.807, 2.05) is 12.5 Å². The van der Waals surface area contributed by atoms with Gasteiger partial charge in [-0.15, -0.1) is 0 Å². The van der Waals surface area contributed by atoms with Crippen LogP contribution in [0.4, 0.5) is 11.5 Å². The number of aliphatic hydroxyl groups is 1. The summed E-state index contributed by atoms with van der Waals surface area (Å²) in [5.74, 6) is 1.35. The van der Waals surface area contributed by atoms with Crippen molar-refractivity contribution in [2.75, 3.05) is 24.6 Å². The van der Waals surface area contributed by atoms with Crippen molar-refractivity contribution in [3.8, 4) is 11.3 Å². The van der Waals surface area contributed by atoms with E-state index < -0.39 is 0 Å². The molecule has 6 nitrogen and oxygen atoms in total. The Hall–Kier alpha value is -2.73. The van der Waals surface area contributed by atoms with Crippen LogP contribution >= 0.6 is 0 Å². The third-order valence-electron chi connectivity index (χ3n) is 7.27. The zero-order valence-electron chi connectivity index (χ0n) is 17.9. The molecule has 0 unspecified atom stereocenters. The minimum Gasteiger partial charge on any atom is -0.396 e. The monoisotopic (exact) mass is 415 g/mol. The van der Waals surface area contributed by atoms with E-state index in [0.717, 1.165) is 54.2 Å². The fraction of sp³-hybridized carbons (Fsp3) is 0.480. The highest BCUT2D eigenvalue weighted by atomic mass is 16.3. The van der Waals surface area contributed by atoms with E-state index in [9.17, 15) is 5.11 Å². The standard InChI is InChI=1S/C25H29N5O/c31-15-17-9-11-29(14-17)23-13-19-8-10-26-24(19)25(28-23)18-6-7-22-21(12-18)27-16-30(22)20-4-2-1-3-5-20/h6-7,10,12-13,16-17,20,31H,1-5,8-9,11,14-15H2/t17-/m0/s1. The molecule has 2 aliphatic heterocycles. The van der Waals surface area contributed by atoms with E-state index in [2.05, 4.69) is 38.7 Å². The normalized spacial score (nSPS) is 21.3. The topological polar surface area (TPSA) is 66.5 Å². The molecule has 4 heterocycles. The Balaban J connectivity index is 1.39. The largest absolute Gasteiger partial charge is 0.396 e. The lowest BCUT2D eigenvalue weighted by Gasteiger charge is -2.23. The van der Waals surface area contributed by atoms with Crippen molar-refractivity contribution in [3.05, 3.63) is 36.2 Å². The molecule has 1 N–H and O–H groups in total. The Morgan fingerprint density at radius 3 is 2.81 bits per heavy atom. The van der Waals surface area contributed by atoms with E-state index in [1.54, 1.807) is 0 Å². The summed E-state index contributed by atoms with van der Waals surface area (Å²) in [6, 6.07) is 9.33. The lowest BCUT2D eigenvalue weighted by molar-refractivity contribution is 0.238. The number of pyridine rings is 1. The van der Waals surface area contributed by atoms with E-state index >= 15 is 0 Å². The van der Waals surface area contributed by atoms with Gasteiger partial charge in [-0.25, -0.2) is 9.97 Å². The van der Waals surface area contributed by atoms with Crippen LogP contribution in [0.1, 0.15) is 50.1 Å². The summed E-state index contributed by atoms with van der Waals surface area (Å²) in [5, 5.41) is 9.54. The minimum absolute atomic E-state index is 0.248. The number of rotatable bonds is 4. The van der Waals surface area contributed by atoms with Crippen LogP contribution in [0.25, 0.3) is 22.3 Å². The fourth-order valence-corrected chi connectivity index (χ4v) is 5.49. The smallest absolute Gasteiger partial charge is 0.129 e. The summed E-state index contributed by atoms with van der Waals surface area (Å²) in [4.78, 5) is 16.8. The van der Waals surface area contributed by atoms with E-state index in [-0.39, 0.29) is 6.61 Å². The Kier molecular flexibility index (Phi) is 4.75. The molecule has 0 spiro atoms. The fourth-order valence-electron chi connectivity index (χ4n) is 5.49. The molecule has 1 saturated heterocycles. The molecule has 6 heteroatoms. The summed E-state index contributed by atoms with van der Waals surface area (Å²) in [7, 11) is 0. The van der Waals surface area contributed by atoms with Crippen LogP contribution in [0, 0.1) is 5.92 Å². The maximum absolute atomic E-state index is 9.54. The zero-order valence-corrected chi connectivity index (χ0v) is 17.9. The second-order valence-electron chi connectivity index (χ2n) is 9.28. The third-order valence-corrected chi connectivity index (χ3v) is 7.27. The average molecular weight is 416 g/mol. The number of nitrogens with zero attached hydrogens (tertiary/aromatic N) is 5. The molecule has 1 atom stereocenters. The molecule has 1 aliphatic carbocycles. The first-order valence-corrected chi connectivity index (χ1v) is 11.7. The molecular weight excluding hydrogens is 386 g/mol. The third kappa shape index (κ3) is 3.33. The van der Waals surface area contributed by atoms with Crippen molar-refractivity contribution < 1.29 is 5.11 Å². The van der Waals surface area contributed by atoms with Gasteiger partial charge in [0.05, 0.1) is 28.7 Å². The van der Waals surface area contributed by atoms with Crippen LogP contribution in [0.2, 0.25) is 0 Å². The first-order valence-electron chi connectivity index (χ1n) is 11.7. The first-order chi connectivity index (χ1) is 15.3. The molecule has 2 fully saturated rings. The van der Waals surface area contributed by atoms with Gasteiger partial charge in [0.25, 0.3) is 0 Å². The van der Waals surface area contributed by atoms with Crippen molar-refractivity contribution in [2.45, 2.75) is 51.0 Å². The highest BCUT2D eigenvalue weighted by Gasteiger charge is 2.26. The molecule has 3 aromatic rings. The van der Waals surface area contributed by atoms with Crippen molar-refractivity contribution in [1.82, 2.24) is 14.5 Å². The second kappa shape index (κ2) is 7.75. The van der Waals surface area contributed by atoms with Crippen LogP contribution in [0.3, 0.4) is 0 Å². The van der Waals surface area contributed by atoms with Gasteiger partial charge >= 0.3 is 0 Å². The predicted molar refractivity (Wildman–Crippen MR) is 124 cm³/mol. The van der Waals surface area contributed by atoms with Crippen LogP contribution in [-0.4, -0.2) is 45.6 Å². The number of aliphatic hydroxyl groups excluding tert-OH is 1. The maximum atomic E-state index is 9.54. The number of fused-ring (bicyclic) bond motifs is 2. The SMILES string of the molecule is OC[C@H]1CCN(c2cc3c(c(-c4ccc5c(c4)ncn5C4CCCCC4)n2)N=CC3)C1. The molecular formula is C25H29N5O. The van der Waals surface area contributed by atoms with Crippen molar-refractivity contribution in [3.63, 3.8) is 0 Å². The summed E-state index contributed by atoms with van der Waals surface area (Å²) in [5.41, 5.74) is 6.51. The van der Waals surface area contributed by atoms with Crippen LogP contribution in [-0.2, 0) is 6.42 Å². The summed E-state index contributed by atoms with van der Waals surface area (Å²) < 4.78 is 2.38.